The highest BCUT2D eigenvalue weighted by Gasteiger charge is 2.48. The van der Waals surface area contributed by atoms with Crippen molar-refractivity contribution < 1.29 is 4.74 Å². The Kier molecular flexibility index (Phi) is 4.51. The Balaban J connectivity index is 1.42. The first-order valence-electron chi connectivity index (χ1n) is 10.9. The summed E-state index contributed by atoms with van der Waals surface area (Å²) in [5.74, 6) is 2.62. The fourth-order valence-corrected chi connectivity index (χ4v) is 4.73. The van der Waals surface area contributed by atoms with Crippen LogP contribution in [0, 0.1) is 23.2 Å². The Morgan fingerprint density at radius 2 is 1.75 bits per heavy atom. The molecule has 0 bridgehead atoms. The first kappa shape index (κ1) is 17.9. The van der Waals surface area contributed by atoms with Gasteiger partial charge in [0.05, 0.1) is 18.1 Å². The lowest BCUT2D eigenvalue weighted by molar-refractivity contribution is -0.0959. The largest absolute Gasteiger partial charge is 0.367 e. The van der Waals surface area contributed by atoms with Gasteiger partial charge in [-0.15, -0.1) is 0 Å². The molecule has 4 nitrogen and oxygen atoms in total. The summed E-state index contributed by atoms with van der Waals surface area (Å²) in [5.41, 5.74) is 0.409. The molecule has 2 aromatic rings. The highest BCUT2D eigenvalue weighted by atomic mass is 16.5. The van der Waals surface area contributed by atoms with E-state index in [4.69, 9.17) is 9.72 Å². The van der Waals surface area contributed by atoms with E-state index >= 15 is 0 Å². The van der Waals surface area contributed by atoms with Crippen molar-refractivity contribution in [1.29, 1.82) is 5.26 Å². The molecule has 1 heterocycles. The average molecular weight is 376 g/mol. The fourth-order valence-electron chi connectivity index (χ4n) is 4.73. The minimum absolute atomic E-state index is 0.337. The van der Waals surface area contributed by atoms with E-state index in [0.29, 0.717) is 0 Å². The van der Waals surface area contributed by atoms with Gasteiger partial charge in [0, 0.05) is 18.9 Å². The topological polar surface area (TPSA) is 50.8 Å². The Morgan fingerprint density at radius 1 is 1.04 bits per heavy atom. The molecule has 0 N–H and O–H groups in total. The van der Waals surface area contributed by atoms with Crippen molar-refractivity contribution in [2.45, 2.75) is 68.9 Å². The van der Waals surface area contributed by atoms with Gasteiger partial charge in [0.2, 0.25) is 0 Å². The van der Waals surface area contributed by atoms with Gasteiger partial charge >= 0.3 is 0 Å². The molecule has 5 rings (SSSR count). The Bertz CT molecular complexity index is 849. The van der Waals surface area contributed by atoms with E-state index in [0.717, 1.165) is 62.1 Å². The molecule has 1 aromatic carbocycles. The van der Waals surface area contributed by atoms with Crippen molar-refractivity contribution >= 4 is 0 Å². The molecule has 0 unspecified atom stereocenters. The summed E-state index contributed by atoms with van der Waals surface area (Å²) in [6.45, 7) is 1.90. The monoisotopic (exact) mass is 375 g/mol. The van der Waals surface area contributed by atoms with Crippen LogP contribution in [0.4, 0.5) is 0 Å². The molecule has 4 heteroatoms. The molecule has 0 saturated heterocycles. The third-order valence-corrected chi connectivity index (χ3v) is 7.02. The van der Waals surface area contributed by atoms with Crippen molar-refractivity contribution in [3.8, 4) is 6.07 Å². The molecular weight excluding hydrogens is 346 g/mol. The molecule has 3 aliphatic rings. The number of rotatable bonds is 7. The zero-order valence-corrected chi connectivity index (χ0v) is 16.5. The number of imidazole rings is 1. The number of aromatic nitrogens is 2. The molecule has 3 aliphatic carbocycles. The summed E-state index contributed by atoms with van der Waals surface area (Å²) in [6, 6.07) is 13.0. The summed E-state index contributed by atoms with van der Waals surface area (Å²) in [6.07, 6.45) is 12.7. The smallest absolute Gasteiger partial charge is 0.141 e. The van der Waals surface area contributed by atoms with E-state index in [1.807, 2.05) is 24.4 Å². The second-order valence-corrected chi connectivity index (χ2v) is 9.16. The second-order valence-electron chi connectivity index (χ2n) is 9.16. The van der Waals surface area contributed by atoms with Gasteiger partial charge in [-0.1, -0.05) is 30.3 Å². The van der Waals surface area contributed by atoms with Crippen molar-refractivity contribution in [1.82, 2.24) is 9.55 Å². The van der Waals surface area contributed by atoms with Gasteiger partial charge in [-0.25, -0.2) is 4.98 Å². The predicted molar refractivity (Wildman–Crippen MR) is 108 cm³/mol. The van der Waals surface area contributed by atoms with Crippen LogP contribution in [0.15, 0.2) is 42.7 Å². The molecule has 1 aromatic heterocycles. The zero-order valence-electron chi connectivity index (χ0n) is 16.5. The Labute approximate surface area is 167 Å². The molecule has 28 heavy (non-hydrogen) atoms. The molecule has 0 aliphatic heterocycles. The quantitative estimate of drug-likeness (QED) is 0.688. The highest BCUT2D eigenvalue weighted by Crippen LogP contribution is 2.49. The van der Waals surface area contributed by atoms with Gasteiger partial charge in [0.25, 0.3) is 0 Å². The molecule has 146 valence electrons. The first-order chi connectivity index (χ1) is 13.7. The van der Waals surface area contributed by atoms with Gasteiger partial charge < -0.3 is 9.30 Å². The minimum atomic E-state index is -0.401. The van der Waals surface area contributed by atoms with Crippen LogP contribution < -0.4 is 0 Å². The average Bonchev–Trinajstić information content (AvgIpc) is 3.67. The van der Waals surface area contributed by atoms with E-state index in [1.165, 1.54) is 25.7 Å². The number of nitriles is 1. The fraction of sp³-hybridized carbons (Fsp3) is 0.583. The van der Waals surface area contributed by atoms with Crippen molar-refractivity contribution in [3.63, 3.8) is 0 Å². The number of nitrogens with zero attached hydrogens (tertiary/aromatic N) is 3. The van der Waals surface area contributed by atoms with Gasteiger partial charge in [0.1, 0.15) is 11.4 Å². The normalized spacial score (nSPS) is 30.1. The molecular formula is C24H29N3O. The van der Waals surface area contributed by atoms with Gasteiger partial charge in [-0.2, -0.15) is 5.26 Å². The van der Waals surface area contributed by atoms with Crippen molar-refractivity contribution in [2.75, 3.05) is 6.61 Å². The molecule has 3 saturated carbocycles. The molecule has 0 radical (unpaired) electrons. The third-order valence-electron chi connectivity index (χ3n) is 7.02. The molecule has 3 fully saturated rings. The van der Waals surface area contributed by atoms with E-state index in [1.54, 1.807) is 0 Å². The Hall–Kier alpha value is -2.12. The highest BCUT2D eigenvalue weighted by molar-refractivity contribution is 5.34. The zero-order chi connectivity index (χ0) is 19.0. The molecule has 0 spiro atoms. The predicted octanol–water partition coefficient (Wildman–Crippen LogP) is 4.95. The summed E-state index contributed by atoms with van der Waals surface area (Å²) in [4.78, 5) is 4.79. The standard InChI is InChI=1S/C24H29N3O/c25-18-23(21-4-2-1-3-5-21)10-12-24(13-11-23,28-17-20-8-9-20)22-26-14-15-27(22)16-19-6-7-19/h1-5,14-15,19-20H,6-13,16-17H2/t23-,24+. The SMILES string of the molecule is N#C[C@]1(c2ccccc2)CC[C@](OCC2CC2)(c2nccn2CC2CC2)CC1. The van der Waals surface area contributed by atoms with Gasteiger partial charge in [-0.3, -0.25) is 0 Å². The molecule has 0 amide bonds. The van der Waals surface area contributed by atoms with Crippen LogP contribution in [0.25, 0.3) is 0 Å². The van der Waals surface area contributed by atoms with Crippen LogP contribution in [0.2, 0.25) is 0 Å². The van der Waals surface area contributed by atoms with Crippen molar-refractivity contribution in [2.24, 2.45) is 11.8 Å². The van der Waals surface area contributed by atoms with E-state index in [-0.39, 0.29) is 5.60 Å². The number of benzene rings is 1. The molecule has 0 atom stereocenters. The van der Waals surface area contributed by atoms with Crippen LogP contribution in [0.5, 0.6) is 0 Å². The van der Waals surface area contributed by atoms with Crippen LogP contribution >= 0.6 is 0 Å². The lowest BCUT2D eigenvalue weighted by Gasteiger charge is -2.43. The number of hydrogen-bond donors (Lipinski definition) is 0. The lowest BCUT2D eigenvalue weighted by atomic mass is 9.65. The van der Waals surface area contributed by atoms with Gasteiger partial charge in [-0.05, 0) is 68.8 Å². The maximum Gasteiger partial charge on any atom is 0.141 e. The lowest BCUT2D eigenvalue weighted by Crippen LogP contribution is -2.43. The van der Waals surface area contributed by atoms with Crippen molar-refractivity contribution in [3.05, 3.63) is 54.1 Å². The third kappa shape index (κ3) is 3.37. The number of ether oxygens (including phenoxy) is 1. The second kappa shape index (κ2) is 7.04. The summed E-state index contributed by atoms with van der Waals surface area (Å²) >= 11 is 0. The van der Waals surface area contributed by atoms with Gasteiger partial charge in [0.15, 0.2) is 0 Å². The van der Waals surface area contributed by atoms with Crippen LogP contribution in [0.1, 0.15) is 62.8 Å². The summed E-state index contributed by atoms with van der Waals surface area (Å²) in [5, 5.41) is 10.1. The van der Waals surface area contributed by atoms with Crippen LogP contribution in [-0.2, 0) is 22.3 Å². The number of hydrogen-bond acceptors (Lipinski definition) is 3. The van der Waals surface area contributed by atoms with E-state index in [9.17, 15) is 5.26 Å². The van der Waals surface area contributed by atoms with Crippen LogP contribution in [0.3, 0.4) is 0 Å². The van der Waals surface area contributed by atoms with E-state index < -0.39 is 5.41 Å². The Morgan fingerprint density at radius 3 is 2.39 bits per heavy atom. The summed E-state index contributed by atoms with van der Waals surface area (Å²) < 4.78 is 9.00. The van der Waals surface area contributed by atoms with E-state index in [2.05, 4.69) is 29.0 Å². The first-order valence-corrected chi connectivity index (χ1v) is 10.9. The maximum atomic E-state index is 10.1. The minimum Gasteiger partial charge on any atom is -0.367 e. The van der Waals surface area contributed by atoms with Crippen LogP contribution in [-0.4, -0.2) is 16.2 Å². The maximum absolute atomic E-state index is 10.1. The summed E-state index contributed by atoms with van der Waals surface area (Å²) in [7, 11) is 0.